The molecule has 0 saturated heterocycles. The quantitative estimate of drug-likeness (QED) is 0.676. The molecule has 0 aliphatic carbocycles. The number of carbonyl (C=O) groups is 2. The molecule has 29 heavy (non-hydrogen) atoms. The molecule has 0 unspecified atom stereocenters. The molecule has 0 saturated carbocycles. The van der Waals surface area contributed by atoms with Crippen LogP contribution in [0.5, 0.6) is 11.5 Å². The van der Waals surface area contributed by atoms with Gasteiger partial charge in [-0.15, -0.1) is 0 Å². The van der Waals surface area contributed by atoms with Gasteiger partial charge in [-0.25, -0.2) is 9.78 Å². The van der Waals surface area contributed by atoms with Crippen LogP contribution in [0.1, 0.15) is 57.0 Å². The minimum absolute atomic E-state index is 0.0173. The molecule has 2 aromatic rings. The highest BCUT2D eigenvalue weighted by Gasteiger charge is 2.28. The molecule has 2 rings (SSSR count). The first-order valence-corrected chi connectivity index (χ1v) is 9.06. The number of nitrogens with one attached hydrogen (secondary N) is 1. The number of benzene rings is 1. The molecule has 9 heteroatoms. The van der Waals surface area contributed by atoms with Crippen molar-refractivity contribution in [3.8, 4) is 23.0 Å². The summed E-state index contributed by atoms with van der Waals surface area (Å²) >= 11 is 0. The Morgan fingerprint density at radius 2 is 1.97 bits per heavy atom. The van der Waals surface area contributed by atoms with E-state index in [4.69, 9.17) is 18.6 Å². The van der Waals surface area contributed by atoms with E-state index >= 15 is 0 Å². The monoisotopic (exact) mass is 408 g/mol. The van der Waals surface area contributed by atoms with Crippen LogP contribution in [0, 0.1) is 0 Å². The van der Waals surface area contributed by atoms with Gasteiger partial charge in [0.05, 0.1) is 13.7 Å². The third kappa shape index (κ3) is 5.69. The average Bonchev–Trinajstić information content (AvgIpc) is 3.06. The maximum absolute atomic E-state index is 13.5. The SMILES string of the molecule is CCOc1cc(-c2nc(C(=O)F)c([C@H](C)OC(=O)NC(C)(C)C)o2)ccc1OC. The summed E-state index contributed by atoms with van der Waals surface area (Å²) in [5.74, 6) is 0.732. The Kier molecular flexibility index (Phi) is 6.84. The molecular formula is C20H25FN2O6. The second-order valence-electron chi connectivity index (χ2n) is 7.23. The highest BCUT2D eigenvalue weighted by Crippen LogP contribution is 2.34. The van der Waals surface area contributed by atoms with E-state index < -0.39 is 29.5 Å². The largest absolute Gasteiger partial charge is 0.493 e. The number of alkyl carbamates (subject to hydrolysis) is 1. The number of oxazole rings is 1. The second-order valence-corrected chi connectivity index (χ2v) is 7.23. The van der Waals surface area contributed by atoms with E-state index in [0.717, 1.165) is 0 Å². The average molecular weight is 408 g/mol. The molecule has 0 aliphatic heterocycles. The van der Waals surface area contributed by atoms with Crippen molar-refractivity contribution >= 4 is 12.1 Å². The summed E-state index contributed by atoms with van der Waals surface area (Å²) < 4.78 is 35.1. The molecular weight excluding hydrogens is 383 g/mol. The highest BCUT2D eigenvalue weighted by molar-refractivity contribution is 5.88. The van der Waals surface area contributed by atoms with Gasteiger partial charge in [-0.1, -0.05) is 0 Å². The van der Waals surface area contributed by atoms with Crippen LogP contribution in [0.15, 0.2) is 22.6 Å². The van der Waals surface area contributed by atoms with E-state index in [-0.39, 0.29) is 11.7 Å². The van der Waals surface area contributed by atoms with Gasteiger partial charge in [-0.2, -0.15) is 4.39 Å². The first kappa shape index (κ1) is 22.2. The van der Waals surface area contributed by atoms with Crippen molar-refractivity contribution in [2.75, 3.05) is 13.7 Å². The van der Waals surface area contributed by atoms with E-state index in [1.54, 1.807) is 39.0 Å². The molecule has 1 heterocycles. The Morgan fingerprint density at radius 1 is 1.28 bits per heavy atom. The maximum Gasteiger partial charge on any atom is 0.408 e. The minimum Gasteiger partial charge on any atom is -0.493 e. The normalized spacial score (nSPS) is 12.2. The summed E-state index contributed by atoms with van der Waals surface area (Å²) in [5, 5.41) is 2.61. The van der Waals surface area contributed by atoms with Crippen molar-refractivity contribution in [3.63, 3.8) is 0 Å². The highest BCUT2D eigenvalue weighted by atomic mass is 19.1. The number of carbonyl (C=O) groups excluding carboxylic acids is 2. The topological polar surface area (TPSA) is 99.9 Å². The van der Waals surface area contributed by atoms with Crippen LogP contribution in [-0.2, 0) is 4.74 Å². The van der Waals surface area contributed by atoms with Crippen molar-refractivity contribution in [1.29, 1.82) is 0 Å². The number of amides is 1. The molecule has 0 fully saturated rings. The van der Waals surface area contributed by atoms with Crippen molar-refractivity contribution in [3.05, 3.63) is 29.7 Å². The number of hydrogen-bond donors (Lipinski definition) is 1. The summed E-state index contributed by atoms with van der Waals surface area (Å²) in [4.78, 5) is 27.3. The lowest BCUT2D eigenvalue weighted by molar-refractivity contribution is 0.0777. The van der Waals surface area contributed by atoms with Gasteiger partial charge in [0, 0.05) is 11.1 Å². The molecule has 1 atom stereocenters. The standard InChI is InChI=1S/C20H25FN2O6/c1-7-27-14-10-12(8-9-13(14)26-6)18-22-15(17(21)24)16(29-18)11(2)28-19(25)23-20(3,4)5/h8-11H,7H2,1-6H3,(H,23,25)/t11-/m0/s1. The Morgan fingerprint density at radius 3 is 2.52 bits per heavy atom. The lowest BCUT2D eigenvalue weighted by atomic mass is 10.1. The first-order valence-electron chi connectivity index (χ1n) is 9.06. The molecule has 158 valence electrons. The maximum atomic E-state index is 13.5. The Bertz CT molecular complexity index is 888. The van der Waals surface area contributed by atoms with E-state index in [1.807, 2.05) is 6.92 Å². The zero-order chi connectivity index (χ0) is 21.8. The zero-order valence-corrected chi connectivity index (χ0v) is 17.3. The summed E-state index contributed by atoms with van der Waals surface area (Å²) in [5.41, 5.74) is -0.639. The molecule has 8 nitrogen and oxygen atoms in total. The summed E-state index contributed by atoms with van der Waals surface area (Å²) in [6, 6.07) is 3.07. The van der Waals surface area contributed by atoms with Crippen LogP contribution in [0.3, 0.4) is 0 Å². The molecule has 1 amide bonds. The molecule has 0 spiro atoms. The number of hydrogen-bond acceptors (Lipinski definition) is 7. The van der Waals surface area contributed by atoms with Gasteiger partial charge in [-0.05, 0) is 52.8 Å². The van der Waals surface area contributed by atoms with Crippen molar-refractivity contribution in [2.45, 2.75) is 46.3 Å². The summed E-state index contributed by atoms with van der Waals surface area (Å²) in [6.45, 7) is 9.01. The molecule has 1 aromatic carbocycles. The van der Waals surface area contributed by atoms with Crippen LogP contribution in [0.25, 0.3) is 11.5 Å². The Balaban J connectivity index is 2.36. The lowest BCUT2D eigenvalue weighted by Crippen LogP contribution is -2.41. The number of rotatable bonds is 7. The molecule has 1 aromatic heterocycles. The number of aromatic nitrogens is 1. The third-order valence-corrected chi connectivity index (χ3v) is 3.68. The van der Waals surface area contributed by atoms with E-state index in [9.17, 15) is 14.0 Å². The third-order valence-electron chi connectivity index (χ3n) is 3.68. The van der Waals surface area contributed by atoms with Gasteiger partial charge in [0.25, 0.3) is 0 Å². The minimum atomic E-state index is -1.79. The van der Waals surface area contributed by atoms with Gasteiger partial charge in [0.1, 0.15) is 0 Å². The summed E-state index contributed by atoms with van der Waals surface area (Å²) in [6.07, 6.45) is -1.78. The molecule has 0 bridgehead atoms. The predicted octanol–water partition coefficient (Wildman–Crippen LogP) is 4.44. The van der Waals surface area contributed by atoms with Crippen molar-refractivity contribution in [1.82, 2.24) is 10.3 Å². The molecule has 0 radical (unpaired) electrons. The zero-order valence-electron chi connectivity index (χ0n) is 17.3. The smallest absolute Gasteiger partial charge is 0.408 e. The first-order chi connectivity index (χ1) is 13.6. The molecule has 0 aliphatic rings. The Labute approximate surface area is 168 Å². The van der Waals surface area contributed by atoms with Gasteiger partial charge in [0.15, 0.2) is 29.1 Å². The number of nitrogens with zero attached hydrogens (tertiary/aromatic N) is 1. The van der Waals surface area contributed by atoms with E-state index in [2.05, 4.69) is 10.3 Å². The second kappa shape index (κ2) is 8.93. The van der Waals surface area contributed by atoms with Crippen molar-refractivity contribution < 1.29 is 32.6 Å². The fourth-order valence-electron chi connectivity index (χ4n) is 2.50. The van der Waals surface area contributed by atoms with Gasteiger partial charge < -0.3 is 23.9 Å². The Hall–Kier alpha value is -3.10. The van der Waals surface area contributed by atoms with Crippen LogP contribution in [-0.4, -0.2) is 36.4 Å². The lowest BCUT2D eigenvalue weighted by Gasteiger charge is -2.21. The van der Waals surface area contributed by atoms with E-state index in [0.29, 0.717) is 23.7 Å². The van der Waals surface area contributed by atoms with Gasteiger partial charge >= 0.3 is 12.1 Å². The van der Waals surface area contributed by atoms with Gasteiger partial charge in [0.2, 0.25) is 5.89 Å². The number of methoxy groups -OCH3 is 1. The van der Waals surface area contributed by atoms with Crippen LogP contribution >= 0.6 is 0 Å². The van der Waals surface area contributed by atoms with Gasteiger partial charge in [-0.3, -0.25) is 4.79 Å². The fourth-order valence-corrected chi connectivity index (χ4v) is 2.50. The summed E-state index contributed by atoms with van der Waals surface area (Å²) in [7, 11) is 1.50. The van der Waals surface area contributed by atoms with Crippen LogP contribution in [0.4, 0.5) is 9.18 Å². The van der Waals surface area contributed by atoms with Crippen LogP contribution < -0.4 is 14.8 Å². The number of ether oxygens (including phenoxy) is 3. The van der Waals surface area contributed by atoms with E-state index in [1.165, 1.54) is 14.0 Å². The molecule has 1 N–H and O–H groups in total. The fraction of sp³-hybridized carbons (Fsp3) is 0.450. The predicted molar refractivity (Wildman–Crippen MR) is 103 cm³/mol. The number of halogens is 1. The van der Waals surface area contributed by atoms with Crippen LogP contribution in [0.2, 0.25) is 0 Å². The van der Waals surface area contributed by atoms with Crippen molar-refractivity contribution in [2.24, 2.45) is 0 Å².